The smallest absolute Gasteiger partial charge is 0.253 e. The predicted molar refractivity (Wildman–Crippen MR) is 158 cm³/mol. The first kappa shape index (κ1) is 25.2. The summed E-state index contributed by atoms with van der Waals surface area (Å²) in [5, 5.41) is 6.52. The van der Waals surface area contributed by atoms with Crippen LogP contribution in [0, 0.1) is 5.41 Å². The summed E-state index contributed by atoms with van der Waals surface area (Å²) in [5.41, 5.74) is 8.23. The molecule has 2 saturated heterocycles. The quantitative estimate of drug-likeness (QED) is 0.296. The van der Waals surface area contributed by atoms with Crippen molar-refractivity contribution < 1.29 is 13.9 Å². The molecule has 1 amide bonds. The number of carbonyl (C=O) groups excluding carboxylic acids is 1. The molecule has 0 unspecified atom stereocenters. The average Bonchev–Trinajstić information content (AvgIpc) is 3.64. The highest BCUT2D eigenvalue weighted by atomic mass is 16.5. The lowest BCUT2D eigenvalue weighted by Gasteiger charge is -2.47. The van der Waals surface area contributed by atoms with Crippen LogP contribution in [0.25, 0.3) is 21.7 Å². The van der Waals surface area contributed by atoms with Crippen molar-refractivity contribution in [2.45, 2.75) is 24.8 Å². The number of nitrogens with two attached hydrogens (primary N) is 1. The largest absolute Gasteiger partial charge is 0.493 e. The van der Waals surface area contributed by atoms with E-state index < -0.39 is 0 Å². The maximum atomic E-state index is 13.9. The van der Waals surface area contributed by atoms with Crippen molar-refractivity contribution >= 4 is 39.2 Å². The van der Waals surface area contributed by atoms with Gasteiger partial charge in [0.1, 0.15) is 17.2 Å². The molecular weight excluding hydrogens is 518 g/mol. The minimum absolute atomic E-state index is 0.0916. The molecule has 208 valence electrons. The van der Waals surface area contributed by atoms with Crippen LogP contribution >= 0.6 is 0 Å². The first-order valence-electron chi connectivity index (χ1n) is 13.8. The normalized spacial score (nSPS) is 21.2. The number of rotatable bonds is 8. The van der Waals surface area contributed by atoms with Crippen LogP contribution < -0.4 is 21.3 Å². The number of anilines is 2. The fourth-order valence-electron chi connectivity index (χ4n) is 6.77. The number of amides is 1. The zero-order valence-corrected chi connectivity index (χ0v) is 22.8. The molecule has 0 atom stereocenters. The Labute approximate surface area is 236 Å². The van der Waals surface area contributed by atoms with Crippen molar-refractivity contribution in [1.82, 2.24) is 14.5 Å². The summed E-state index contributed by atoms with van der Waals surface area (Å²) >= 11 is 0. The summed E-state index contributed by atoms with van der Waals surface area (Å²) in [6.45, 7) is 1.66. The number of nitrogen functional groups attached to an aromatic ring is 1. The van der Waals surface area contributed by atoms with Gasteiger partial charge in [-0.15, -0.1) is 0 Å². The number of benzene rings is 2. The van der Waals surface area contributed by atoms with E-state index in [1.165, 1.54) is 10.6 Å². The molecule has 0 radical (unpaired) electrons. The second kappa shape index (κ2) is 9.40. The Morgan fingerprint density at radius 1 is 1.12 bits per heavy atom. The molecule has 0 spiro atoms. The molecule has 41 heavy (non-hydrogen) atoms. The number of pyridine rings is 2. The lowest BCUT2D eigenvalue weighted by Crippen LogP contribution is -2.56. The molecule has 2 aromatic carbocycles. The van der Waals surface area contributed by atoms with Crippen LogP contribution in [-0.4, -0.2) is 45.6 Å². The van der Waals surface area contributed by atoms with E-state index >= 15 is 0 Å². The minimum Gasteiger partial charge on any atom is -0.493 e. The lowest BCUT2D eigenvalue weighted by atomic mass is 9.62. The Morgan fingerprint density at radius 3 is 2.85 bits per heavy atom. The molecule has 2 bridgehead atoms. The van der Waals surface area contributed by atoms with Crippen LogP contribution in [0.15, 0.2) is 88.5 Å². The number of furan rings is 1. The number of hydrogen-bond donors (Lipinski definition) is 2. The van der Waals surface area contributed by atoms with Crippen LogP contribution in [-0.2, 0) is 18.3 Å². The topological polar surface area (TPSA) is 116 Å². The van der Waals surface area contributed by atoms with Crippen molar-refractivity contribution in [3.63, 3.8) is 0 Å². The van der Waals surface area contributed by atoms with Gasteiger partial charge in [0.15, 0.2) is 0 Å². The third-order valence-corrected chi connectivity index (χ3v) is 8.71. The van der Waals surface area contributed by atoms with Gasteiger partial charge in [-0.1, -0.05) is 18.2 Å². The van der Waals surface area contributed by atoms with Gasteiger partial charge >= 0.3 is 0 Å². The van der Waals surface area contributed by atoms with Crippen molar-refractivity contribution in [3.8, 4) is 5.75 Å². The van der Waals surface area contributed by atoms with Gasteiger partial charge in [-0.25, -0.2) is 4.98 Å². The lowest BCUT2D eigenvalue weighted by molar-refractivity contribution is -0.133. The van der Waals surface area contributed by atoms with Crippen molar-refractivity contribution in [1.29, 1.82) is 0 Å². The number of carbonyl (C=O) groups is 1. The maximum absolute atomic E-state index is 13.9. The first-order valence-corrected chi connectivity index (χ1v) is 13.8. The van der Waals surface area contributed by atoms with E-state index in [0.717, 1.165) is 45.8 Å². The number of fused-ring (bicyclic) bond motifs is 3. The van der Waals surface area contributed by atoms with Gasteiger partial charge in [0.2, 0.25) is 5.91 Å². The minimum atomic E-state index is -0.340. The molecule has 5 heterocycles. The first-order chi connectivity index (χ1) is 19.8. The van der Waals surface area contributed by atoms with Crippen LogP contribution in [0.3, 0.4) is 0 Å². The van der Waals surface area contributed by atoms with Crippen LogP contribution in [0.5, 0.6) is 5.75 Å². The molecule has 5 aromatic rings. The number of ether oxygens (including phenoxy) is 1. The second-order valence-electron chi connectivity index (χ2n) is 11.6. The van der Waals surface area contributed by atoms with Gasteiger partial charge in [0, 0.05) is 65.9 Å². The molecule has 1 aliphatic carbocycles. The van der Waals surface area contributed by atoms with E-state index in [9.17, 15) is 9.59 Å². The van der Waals surface area contributed by atoms with Gasteiger partial charge in [0.05, 0.1) is 24.8 Å². The Kier molecular flexibility index (Phi) is 5.78. The highest BCUT2D eigenvalue weighted by Crippen LogP contribution is 2.59. The number of nitrogens with zero attached hydrogens (tertiary/aromatic N) is 3. The molecule has 9 heteroatoms. The van der Waals surface area contributed by atoms with Gasteiger partial charge in [-0.3, -0.25) is 9.59 Å². The van der Waals surface area contributed by atoms with Gasteiger partial charge < -0.3 is 29.7 Å². The number of aryl methyl sites for hydroxylation is 1. The fraction of sp³-hybridized carbons (Fsp3) is 0.281. The Hall–Kier alpha value is -4.79. The molecule has 9 nitrogen and oxygen atoms in total. The Bertz CT molecular complexity index is 1850. The zero-order chi connectivity index (χ0) is 28.2. The second-order valence-corrected chi connectivity index (χ2v) is 11.6. The van der Waals surface area contributed by atoms with Crippen molar-refractivity contribution in [3.05, 3.63) is 95.2 Å². The molecule has 3 fully saturated rings. The summed E-state index contributed by atoms with van der Waals surface area (Å²) in [6, 6.07) is 19.0. The van der Waals surface area contributed by atoms with E-state index in [0.29, 0.717) is 37.7 Å². The van der Waals surface area contributed by atoms with Crippen molar-refractivity contribution in [2.75, 3.05) is 30.7 Å². The van der Waals surface area contributed by atoms with Gasteiger partial charge in [-0.05, 0) is 54.8 Å². The van der Waals surface area contributed by atoms with E-state index in [4.69, 9.17) is 14.9 Å². The van der Waals surface area contributed by atoms with E-state index in [1.54, 1.807) is 31.8 Å². The third-order valence-electron chi connectivity index (χ3n) is 8.71. The predicted octanol–water partition coefficient (Wildman–Crippen LogP) is 4.36. The van der Waals surface area contributed by atoms with E-state index in [2.05, 4.69) is 10.3 Å². The summed E-state index contributed by atoms with van der Waals surface area (Å²) in [5.74, 6) is 1.14. The molecule has 3 aromatic heterocycles. The number of aromatic nitrogens is 2. The summed E-state index contributed by atoms with van der Waals surface area (Å²) in [6.07, 6.45) is 7.03. The molecular formula is C32H31N5O4. The third kappa shape index (κ3) is 4.38. The van der Waals surface area contributed by atoms with Crippen LogP contribution in [0.1, 0.15) is 18.4 Å². The Morgan fingerprint density at radius 2 is 2.00 bits per heavy atom. The van der Waals surface area contributed by atoms with Crippen molar-refractivity contribution in [2.24, 2.45) is 12.5 Å². The van der Waals surface area contributed by atoms with Gasteiger partial charge in [-0.2, -0.15) is 0 Å². The Balaban J connectivity index is 1.13. The number of nitrogens with one attached hydrogen (secondary N) is 1. The summed E-state index contributed by atoms with van der Waals surface area (Å²) in [7, 11) is 1.71. The van der Waals surface area contributed by atoms with Crippen LogP contribution in [0.4, 0.5) is 11.5 Å². The SMILES string of the molecule is Cn1ccc(OCC23CN(C(=O)Cc4ccc5occc5c4)C(CNc4cccc5c(N)nccc45)(C2)C3)cc1=O. The molecule has 3 aliphatic rings. The molecule has 3 N–H and O–H groups in total. The van der Waals surface area contributed by atoms with E-state index in [1.807, 2.05) is 53.4 Å². The van der Waals surface area contributed by atoms with Crippen LogP contribution in [0.2, 0.25) is 0 Å². The average molecular weight is 550 g/mol. The van der Waals surface area contributed by atoms with Gasteiger partial charge in [0.25, 0.3) is 5.56 Å². The van der Waals surface area contributed by atoms with E-state index in [-0.39, 0.29) is 22.4 Å². The highest BCUT2D eigenvalue weighted by molar-refractivity contribution is 5.99. The monoisotopic (exact) mass is 549 g/mol. The molecule has 2 aliphatic heterocycles. The zero-order valence-electron chi connectivity index (χ0n) is 22.8. The fourth-order valence-corrected chi connectivity index (χ4v) is 6.77. The maximum Gasteiger partial charge on any atom is 0.253 e. The summed E-state index contributed by atoms with van der Waals surface area (Å²) in [4.78, 5) is 32.2. The summed E-state index contributed by atoms with van der Waals surface area (Å²) < 4.78 is 13.1. The molecule has 8 rings (SSSR count). The number of hydrogen-bond acceptors (Lipinski definition) is 7. The standard InChI is InChI=1S/C32H31N5O4/c1-36-11-8-23(15-28(36)38)41-20-31-16-32(17-31,18-35-26-4-2-3-25-24(26)7-10-34-30(25)33)37(19-31)29(39)14-21-5-6-27-22(13-21)9-12-40-27/h2-13,15,35H,14,16-20H2,1H3,(H2,33,34). The molecule has 1 saturated carbocycles. The highest BCUT2D eigenvalue weighted by Gasteiger charge is 2.66.